The van der Waals surface area contributed by atoms with Crippen molar-refractivity contribution in [2.24, 2.45) is 0 Å². The van der Waals surface area contributed by atoms with Crippen LogP contribution in [0.5, 0.6) is 11.5 Å². The van der Waals surface area contributed by atoms with E-state index in [2.05, 4.69) is 225 Å². The number of benzene rings is 8. The molecule has 10 aromatic rings. The van der Waals surface area contributed by atoms with Gasteiger partial charge in [-0.3, -0.25) is 0 Å². The maximum atomic E-state index is 6.71. The van der Waals surface area contributed by atoms with Crippen LogP contribution in [0.15, 0.2) is 188 Å². The van der Waals surface area contributed by atoms with Crippen LogP contribution >= 0.6 is 0 Å². The van der Waals surface area contributed by atoms with E-state index < -0.39 is 0 Å². The number of fused-ring (bicyclic) bond motifs is 7. The Balaban J connectivity index is 0.00000481. The fraction of sp³-hybridized carbons (Fsp3) is 0.100. The van der Waals surface area contributed by atoms with Crippen LogP contribution in [-0.2, 0) is 26.5 Å². The van der Waals surface area contributed by atoms with Crippen molar-refractivity contribution in [3.63, 3.8) is 0 Å². The smallest absolute Gasteiger partial charge is 0.135 e. The van der Waals surface area contributed by atoms with Gasteiger partial charge in [0.25, 0.3) is 0 Å². The molecular formula is C60H45N4OPt-3. The minimum absolute atomic E-state index is 0. The summed E-state index contributed by atoms with van der Waals surface area (Å²) in [5.74, 6) is 2.33. The van der Waals surface area contributed by atoms with Gasteiger partial charge in [0, 0.05) is 83.4 Å². The summed E-state index contributed by atoms with van der Waals surface area (Å²) in [6, 6.07) is 71.7. The van der Waals surface area contributed by atoms with Crippen LogP contribution in [-0.4, -0.2) is 9.55 Å². The van der Waals surface area contributed by atoms with Crippen LogP contribution in [0, 0.1) is 18.8 Å². The molecule has 0 radical (unpaired) electrons. The average Bonchev–Trinajstić information content (AvgIpc) is 3.97. The number of aromatic nitrogens is 2. The largest absolute Gasteiger partial charge is 0.509 e. The van der Waals surface area contributed by atoms with Crippen molar-refractivity contribution in [2.45, 2.75) is 39.0 Å². The molecule has 1 aliphatic heterocycles. The van der Waals surface area contributed by atoms with Gasteiger partial charge in [0.2, 0.25) is 0 Å². The molecule has 0 unspecified atom stereocenters. The average molecular weight is 1030 g/mol. The predicted molar refractivity (Wildman–Crippen MR) is 267 cm³/mol. The third kappa shape index (κ3) is 6.67. The van der Waals surface area contributed by atoms with E-state index in [0.29, 0.717) is 17.4 Å². The first-order valence-corrected chi connectivity index (χ1v) is 22.4. The summed E-state index contributed by atoms with van der Waals surface area (Å²) in [5.41, 5.74) is 17.1. The zero-order valence-corrected chi connectivity index (χ0v) is 39.3. The molecule has 0 saturated carbocycles. The molecule has 6 heteroatoms. The van der Waals surface area contributed by atoms with Gasteiger partial charge in [-0.1, -0.05) is 161 Å². The van der Waals surface area contributed by atoms with Gasteiger partial charge in [-0.15, -0.1) is 48.1 Å². The number of para-hydroxylation sites is 3. The molecule has 0 fully saturated rings. The van der Waals surface area contributed by atoms with Crippen molar-refractivity contribution < 1.29 is 25.8 Å². The van der Waals surface area contributed by atoms with Gasteiger partial charge in [-0.25, -0.2) is 4.98 Å². The van der Waals surface area contributed by atoms with E-state index in [-0.39, 0.29) is 26.5 Å². The van der Waals surface area contributed by atoms with Gasteiger partial charge in [0.05, 0.1) is 0 Å². The predicted octanol–water partition coefficient (Wildman–Crippen LogP) is 15.7. The monoisotopic (exact) mass is 1030 g/mol. The molecule has 12 rings (SSSR count). The van der Waals surface area contributed by atoms with Crippen molar-refractivity contribution in [3.8, 4) is 50.7 Å². The molecule has 1 aliphatic carbocycles. The van der Waals surface area contributed by atoms with E-state index in [1.54, 1.807) is 0 Å². The van der Waals surface area contributed by atoms with Crippen LogP contribution in [0.2, 0.25) is 0 Å². The minimum Gasteiger partial charge on any atom is -0.509 e. The Morgan fingerprint density at radius 2 is 1.24 bits per heavy atom. The van der Waals surface area contributed by atoms with E-state index >= 15 is 0 Å². The molecule has 0 atom stereocenters. The topological polar surface area (TPSA) is 33.5 Å². The standard InChI is InChI=1S/C60H45N4O.Pt/c1-39(2)49-36-57(61-37-50(49)41-20-9-6-10-21-41)64-53-27-14-12-24-46(53)47-31-30-44(35-56(47)64)65-43-23-17-22-42(34-43)62-38-63(55-29-16-15-28-54(55)62)59-45(40-18-7-5-8-19-40)32-33-52-58(59)48-25-11-13-26-51(48)60(52,3)4;/h5-33,36-39H,1-4H3;/q-3;. The van der Waals surface area contributed by atoms with E-state index in [0.717, 1.165) is 61.5 Å². The Hall–Kier alpha value is -7.20. The van der Waals surface area contributed by atoms with E-state index in [9.17, 15) is 0 Å². The first-order chi connectivity index (χ1) is 31.8. The number of nitrogens with zero attached hydrogens (tertiary/aromatic N) is 4. The summed E-state index contributed by atoms with van der Waals surface area (Å²) in [7, 11) is 0. The quantitative estimate of drug-likeness (QED) is 0.142. The molecule has 0 saturated heterocycles. The summed E-state index contributed by atoms with van der Waals surface area (Å²) in [6.07, 6.45) is 2.02. The summed E-state index contributed by atoms with van der Waals surface area (Å²) in [5, 5.41) is 2.22. The molecular weight excluding hydrogens is 988 g/mol. The molecule has 8 aromatic carbocycles. The Morgan fingerprint density at radius 1 is 0.576 bits per heavy atom. The Kier molecular flexibility index (Phi) is 10.3. The Morgan fingerprint density at radius 3 is 2.02 bits per heavy atom. The molecule has 0 N–H and O–H groups in total. The number of hydrogen-bond donors (Lipinski definition) is 0. The number of rotatable bonds is 8. The summed E-state index contributed by atoms with van der Waals surface area (Å²) in [4.78, 5) is 9.70. The second-order valence-corrected chi connectivity index (χ2v) is 17.9. The maximum absolute atomic E-state index is 6.71. The van der Waals surface area contributed by atoms with Crippen molar-refractivity contribution in [1.82, 2.24) is 9.55 Å². The van der Waals surface area contributed by atoms with Crippen molar-refractivity contribution in [2.75, 3.05) is 9.80 Å². The van der Waals surface area contributed by atoms with Crippen LogP contribution in [0.4, 0.5) is 22.7 Å². The van der Waals surface area contributed by atoms with Crippen molar-refractivity contribution in [1.29, 1.82) is 0 Å². The third-order valence-electron chi connectivity index (χ3n) is 13.3. The van der Waals surface area contributed by atoms with Gasteiger partial charge < -0.3 is 19.1 Å². The summed E-state index contributed by atoms with van der Waals surface area (Å²) in [6.45, 7) is 11.4. The fourth-order valence-corrected chi connectivity index (χ4v) is 10.2. The number of anilines is 4. The number of ether oxygens (including phenoxy) is 1. The second kappa shape index (κ2) is 16.3. The minimum atomic E-state index is -0.150. The first kappa shape index (κ1) is 41.5. The first-order valence-electron chi connectivity index (χ1n) is 22.4. The van der Waals surface area contributed by atoms with Crippen LogP contribution in [0.1, 0.15) is 50.3 Å². The van der Waals surface area contributed by atoms with Crippen LogP contribution < -0.4 is 14.5 Å². The van der Waals surface area contributed by atoms with Crippen molar-refractivity contribution >= 4 is 44.6 Å². The summed E-state index contributed by atoms with van der Waals surface area (Å²) < 4.78 is 8.93. The van der Waals surface area contributed by atoms with Gasteiger partial charge >= 0.3 is 0 Å². The van der Waals surface area contributed by atoms with Gasteiger partial charge in [-0.2, -0.15) is 12.1 Å². The van der Waals surface area contributed by atoms with Gasteiger partial charge in [-0.05, 0) is 69.0 Å². The zero-order chi connectivity index (χ0) is 43.8. The molecule has 66 heavy (non-hydrogen) atoms. The molecule has 5 nitrogen and oxygen atoms in total. The number of pyridine rings is 1. The molecule has 0 spiro atoms. The SMILES string of the molecule is CC(C)c1cc(-n2c3[c-]c(Oc4[c-]c(N5[CH-]N(c6c(-c7ccccc7)ccc7c6-c6ccccc6C7(C)C)c6ccccc65)ccc4)ccc3c3ccccc32)ncc1-c1ccccc1.[Pt]. The molecule has 3 heterocycles. The summed E-state index contributed by atoms with van der Waals surface area (Å²) >= 11 is 0. The molecule has 2 aliphatic rings. The fourth-order valence-electron chi connectivity index (χ4n) is 10.2. The molecule has 324 valence electrons. The van der Waals surface area contributed by atoms with E-state index in [4.69, 9.17) is 9.72 Å². The normalized spacial score (nSPS) is 13.5. The van der Waals surface area contributed by atoms with Crippen LogP contribution in [0.3, 0.4) is 0 Å². The Labute approximate surface area is 400 Å². The van der Waals surface area contributed by atoms with Crippen molar-refractivity contribution in [3.05, 3.63) is 224 Å². The van der Waals surface area contributed by atoms with Gasteiger partial charge in [0.15, 0.2) is 0 Å². The zero-order valence-electron chi connectivity index (χ0n) is 37.1. The molecule has 2 aromatic heterocycles. The van der Waals surface area contributed by atoms with E-state index in [1.807, 2.05) is 24.4 Å². The second-order valence-electron chi connectivity index (χ2n) is 17.9. The molecule has 0 bridgehead atoms. The molecule has 0 amide bonds. The van der Waals surface area contributed by atoms with Crippen LogP contribution in [0.25, 0.3) is 61.0 Å². The number of hydrogen-bond acceptors (Lipinski definition) is 4. The van der Waals surface area contributed by atoms with Gasteiger partial charge in [0.1, 0.15) is 5.82 Å². The Bertz CT molecular complexity index is 3470. The maximum Gasteiger partial charge on any atom is 0.135 e. The third-order valence-corrected chi connectivity index (χ3v) is 13.3. The van der Waals surface area contributed by atoms with E-state index in [1.165, 1.54) is 38.9 Å².